The summed E-state index contributed by atoms with van der Waals surface area (Å²) in [4.78, 5) is 12.6. The Bertz CT molecular complexity index is 922. The molecule has 1 aromatic heterocycles. The van der Waals surface area contributed by atoms with Gasteiger partial charge in [-0.3, -0.25) is 4.79 Å². The van der Waals surface area contributed by atoms with Gasteiger partial charge in [-0.1, -0.05) is 37.3 Å². The number of hydrogen-bond donors (Lipinski definition) is 1. The molecule has 0 aliphatic carbocycles. The maximum Gasteiger partial charge on any atom is 0.255 e. The lowest BCUT2D eigenvalue weighted by molar-refractivity contribution is 0.0950. The summed E-state index contributed by atoms with van der Waals surface area (Å²) in [6, 6.07) is 19.1. The van der Waals surface area contributed by atoms with Gasteiger partial charge >= 0.3 is 0 Å². The number of benzene rings is 2. The zero-order valence-corrected chi connectivity index (χ0v) is 13.9. The fourth-order valence-corrected chi connectivity index (χ4v) is 2.72. The molecule has 1 N–H and O–H groups in total. The molecule has 2 aromatic carbocycles. The number of rotatable bonds is 5. The molecule has 0 radical (unpaired) electrons. The molecule has 124 valence electrons. The summed E-state index contributed by atoms with van der Waals surface area (Å²) in [7, 11) is 0. The molecule has 0 fully saturated rings. The van der Waals surface area contributed by atoms with Crippen molar-refractivity contribution in [1.29, 1.82) is 5.26 Å². The van der Waals surface area contributed by atoms with Crippen LogP contribution in [0, 0.1) is 11.3 Å². The Kier molecular flexibility index (Phi) is 4.91. The highest BCUT2D eigenvalue weighted by atomic mass is 16.1. The first-order valence-corrected chi connectivity index (χ1v) is 8.12. The maximum absolute atomic E-state index is 12.6. The van der Waals surface area contributed by atoms with Gasteiger partial charge in [-0.15, -0.1) is 0 Å². The molecule has 0 aliphatic heterocycles. The van der Waals surface area contributed by atoms with E-state index >= 15 is 0 Å². The summed E-state index contributed by atoms with van der Waals surface area (Å²) in [5, 5.41) is 16.2. The minimum Gasteiger partial charge on any atom is -0.348 e. The van der Waals surface area contributed by atoms with Crippen LogP contribution in [0.15, 0.2) is 60.8 Å². The van der Waals surface area contributed by atoms with Crippen LogP contribution in [0.5, 0.6) is 0 Å². The zero-order valence-electron chi connectivity index (χ0n) is 13.9. The van der Waals surface area contributed by atoms with E-state index in [-0.39, 0.29) is 5.91 Å². The van der Waals surface area contributed by atoms with Gasteiger partial charge in [0.1, 0.15) is 0 Å². The molecule has 0 bridgehead atoms. The minimum atomic E-state index is -0.165. The van der Waals surface area contributed by atoms with Crippen LogP contribution >= 0.6 is 0 Å². The molecule has 0 saturated heterocycles. The number of carbonyl (C=O) groups excluding carboxylic acids is 1. The van der Waals surface area contributed by atoms with E-state index in [0.717, 1.165) is 16.9 Å². The van der Waals surface area contributed by atoms with E-state index < -0.39 is 0 Å². The topological polar surface area (TPSA) is 70.7 Å². The van der Waals surface area contributed by atoms with Crippen molar-refractivity contribution in [3.8, 4) is 11.8 Å². The van der Waals surface area contributed by atoms with Crippen molar-refractivity contribution in [2.75, 3.05) is 0 Å². The molecule has 3 aromatic rings. The third-order valence-electron chi connectivity index (χ3n) is 3.96. The van der Waals surface area contributed by atoms with Gasteiger partial charge in [0.2, 0.25) is 0 Å². The number of nitrogens with zero attached hydrogens (tertiary/aromatic N) is 3. The first-order chi connectivity index (χ1) is 12.2. The summed E-state index contributed by atoms with van der Waals surface area (Å²) < 4.78 is 1.80. The Hall–Kier alpha value is -3.39. The molecule has 25 heavy (non-hydrogen) atoms. The van der Waals surface area contributed by atoms with Crippen LogP contribution in [0.3, 0.4) is 0 Å². The molecule has 0 atom stereocenters. The number of carbonyl (C=O) groups is 1. The van der Waals surface area contributed by atoms with Crippen LogP contribution in [0.1, 0.15) is 34.1 Å². The molecular formula is C20H18N4O. The van der Waals surface area contributed by atoms with E-state index in [4.69, 9.17) is 5.26 Å². The van der Waals surface area contributed by atoms with Gasteiger partial charge < -0.3 is 5.32 Å². The van der Waals surface area contributed by atoms with Crippen LogP contribution < -0.4 is 5.32 Å². The largest absolute Gasteiger partial charge is 0.348 e. The van der Waals surface area contributed by atoms with Gasteiger partial charge in [0.25, 0.3) is 5.91 Å². The second kappa shape index (κ2) is 7.45. The zero-order chi connectivity index (χ0) is 17.6. The fraction of sp³-hybridized carbons (Fsp3) is 0.150. The molecule has 0 unspecified atom stereocenters. The third-order valence-corrected chi connectivity index (χ3v) is 3.96. The molecule has 3 rings (SSSR count). The predicted octanol–water partition coefficient (Wildman–Crippen LogP) is 3.24. The van der Waals surface area contributed by atoms with E-state index in [1.165, 1.54) is 0 Å². The average molecular weight is 330 g/mol. The second-order valence-electron chi connectivity index (χ2n) is 5.60. The number of nitrogens with one attached hydrogen (secondary N) is 1. The van der Waals surface area contributed by atoms with E-state index in [9.17, 15) is 4.79 Å². The molecule has 1 heterocycles. The van der Waals surface area contributed by atoms with Gasteiger partial charge in [0.05, 0.1) is 34.8 Å². The van der Waals surface area contributed by atoms with E-state index in [1.54, 1.807) is 23.0 Å². The van der Waals surface area contributed by atoms with E-state index in [0.29, 0.717) is 24.1 Å². The molecule has 0 saturated carbocycles. The van der Waals surface area contributed by atoms with Crippen molar-refractivity contribution < 1.29 is 4.79 Å². The normalized spacial score (nSPS) is 10.2. The third kappa shape index (κ3) is 3.59. The number of para-hydroxylation sites is 1. The number of nitriles is 1. The summed E-state index contributed by atoms with van der Waals surface area (Å²) in [5.74, 6) is -0.165. The molecule has 5 nitrogen and oxygen atoms in total. The average Bonchev–Trinajstić information content (AvgIpc) is 3.11. The highest BCUT2D eigenvalue weighted by molar-refractivity contribution is 5.95. The lowest BCUT2D eigenvalue weighted by atomic mass is 10.1. The Morgan fingerprint density at radius 2 is 2.00 bits per heavy atom. The first kappa shape index (κ1) is 16.5. The second-order valence-corrected chi connectivity index (χ2v) is 5.60. The van der Waals surface area contributed by atoms with Gasteiger partial charge in [0.15, 0.2) is 0 Å². The fourth-order valence-electron chi connectivity index (χ4n) is 2.72. The highest BCUT2D eigenvalue weighted by Crippen LogP contribution is 2.16. The molecule has 0 spiro atoms. The van der Waals surface area contributed by atoms with Crippen molar-refractivity contribution in [3.63, 3.8) is 0 Å². The monoisotopic (exact) mass is 330 g/mol. The lowest BCUT2D eigenvalue weighted by Crippen LogP contribution is -2.23. The lowest BCUT2D eigenvalue weighted by Gasteiger charge is -2.09. The van der Waals surface area contributed by atoms with Crippen molar-refractivity contribution in [2.45, 2.75) is 19.9 Å². The SMILES string of the molecule is CCc1c(C(=O)NCc2cccc(C#N)c2)cnn1-c1ccccc1. The van der Waals surface area contributed by atoms with Crippen LogP contribution in [-0.2, 0) is 13.0 Å². The molecule has 1 amide bonds. The van der Waals surface area contributed by atoms with Crippen LogP contribution in [0.4, 0.5) is 0 Å². The van der Waals surface area contributed by atoms with Gasteiger partial charge in [0, 0.05) is 6.54 Å². The Labute approximate surface area is 146 Å². The first-order valence-electron chi connectivity index (χ1n) is 8.12. The van der Waals surface area contributed by atoms with Crippen LogP contribution in [0.25, 0.3) is 5.69 Å². The molecular weight excluding hydrogens is 312 g/mol. The number of aromatic nitrogens is 2. The maximum atomic E-state index is 12.6. The van der Waals surface area contributed by atoms with Crippen molar-refractivity contribution in [3.05, 3.63) is 83.2 Å². The summed E-state index contributed by atoms with van der Waals surface area (Å²) in [5.41, 5.74) is 3.84. The highest BCUT2D eigenvalue weighted by Gasteiger charge is 2.16. The van der Waals surface area contributed by atoms with Gasteiger partial charge in [-0.25, -0.2) is 4.68 Å². The predicted molar refractivity (Wildman–Crippen MR) is 95.3 cm³/mol. The van der Waals surface area contributed by atoms with E-state index in [1.807, 2.05) is 49.4 Å². The Morgan fingerprint density at radius 3 is 2.72 bits per heavy atom. The minimum absolute atomic E-state index is 0.165. The van der Waals surface area contributed by atoms with Gasteiger partial charge in [-0.05, 0) is 36.2 Å². The van der Waals surface area contributed by atoms with Crippen molar-refractivity contribution in [2.24, 2.45) is 0 Å². The standard InChI is InChI=1S/C20H18N4O/c1-2-19-18(14-23-24(19)17-9-4-3-5-10-17)20(25)22-13-16-8-6-7-15(11-16)12-21/h3-11,14H,2,13H2,1H3,(H,22,25). The summed E-state index contributed by atoms with van der Waals surface area (Å²) >= 11 is 0. The Morgan fingerprint density at radius 1 is 1.20 bits per heavy atom. The number of hydrogen-bond acceptors (Lipinski definition) is 3. The summed E-state index contributed by atoms with van der Waals surface area (Å²) in [6.07, 6.45) is 2.30. The molecule has 5 heteroatoms. The van der Waals surface area contributed by atoms with Crippen LogP contribution in [-0.4, -0.2) is 15.7 Å². The summed E-state index contributed by atoms with van der Waals surface area (Å²) in [6.45, 7) is 2.37. The number of amides is 1. The van der Waals surface area contributed by atoms with Crippen molar-refractivity contribution >= 4 is 5.91 Å². The smallest absolute Gasteiger partial charge is 0.255 e. The van der Waals surface area contributed by atoms with E-state index in [2.05, 4.69) is 16.5 Å². The van der Waals surface area contributed by atoms with Gasteiger partial charge in [-0.2, -0.15) is 10.4 Å². The Balaban J connectivity index is 1.78. The quantitative estimate of drug-likeness (QED) is 0.781. The molecule has 0 aliphatic rings. The van der Waals surface area contributed by atoms with Crippen LogP contribution in [0.2, 0.25) is 0 Å². The van der Waals surface area contributed by atoms with Crippen molar-refractivity contribution in [1.82, 2.24) is 15.1 Å².